The van der Waals surface area contributed by atoms with E-state index in [4.69, 9.17) is 9.68 Å². The van der Waals surface area contributed by atoms with Crippen LogP contribution in [0.5, 0.6) is 0 Å². The van der Waals surface area contributed by atoms with Crippen LogP contribution in [0.2, 0.25) is 0 Å². The summed E-state index contributed by atoms with van der Waals surface area (Å²) in [5.74, 6) is 0.0943. The van der Waals surface area contributed by atoms with Crippen LogP contribution in [0.1, 0.15) is 11.5 Å². The lowest BCUT2D eigenvalue weighted by Gasteiger charge is -1.92. The highest BCUT2D eigenvalue weighted by atomic mass is 32.2. The summed E-state index contributed by atoms with van der Waals surface area (Å²) in [5.41, 5.74) is -0.681. The van der Waals surface area contributed by atoms with Crippen molar-refractivity contribution in [3.8, 4) is 6.07 Å². The number of thiophene rings is 1. The molecule has 0 bridgehead atoms. The number of nitrogens with zero attached hydrogens (tertiary/aromatic N) is 2. The summed E-state index contributed by atoms with van der Waals surface area (Å²) >= 11 is 0.712. The van der Waals surface area contributed by atoms with Gasteiger partial charge in [0.15, 0.2) is 15.7 Å². The Hall–Kier alpha value is -1.72. The summed E-state index contributed by atoms with van der Waals surface area (Å²) in [4.78, 5) is 15.4. The fourth-order valence-corrected chi connectivity index (χ4v) is 3.54. The molecular formula is C9H6N2O4S2. The van der Waals surface area contributed by atoms with E-state index in [1.165, 1.54) is 6.92 Å². The normalized spacial score (nSPS) is 11.6. The Morgan fingerprint density at radius 2 is 2.12 bits per heavy atom. The Morgan fingerprint density at radius 3 is 2.65 bits per heavy atom. The van der Waals surface area contributed by atoms with Gasteiger partial charge in [-0.1, -0.05) is 0 Å². The first-order chi connectivity index (χ1) is 7.84. The fourth-order valence-electron chi connectivity index (χ4n) is 1.37. The van der Waals surface area contributed by atoms with Gasteiger partial charge in [-0.25, -0.2) is 18.2 Å². The first kappa shape index (κ1) is 11.8. The van der Waals surface area contributed by atoms with Crippen LogP contribution < -0.4 is 5.63 Å². The van der Waals surface area contributed by atoms with Crippen molar-refractivity contribution in [2.24, 2.45) is 0 Å². The lowest BCUT2D eigenvalue weighted by atomic mass is 10.3. The number of sulfone groups is 1. The zero-order valence-electron chi connectivity index (χ0n) is 8.84. The van der Waals surface area contributed by atoms with Crippen LogP contribution in [0.3, 0.4) is 0 Å². The van der Waals surface area contributed by atoms with Gasteiger partial charge in [-0.05, 0) is 0 Å². The molecule has 6 nitrogen and oxygen atoms in total. The number of hydrogen-bond acceptors (Lipinski definition) is 7. The molecule has 2 heterocycles. The molecule has 0 saturated heterocycles. The largest absolute Gasteiger partial charge is 0.408 e. The molecule has 8 heteroatoms. The Labute approximate surface area is 100 Å². The second kappa shape index (κ2) is 3.65. The minimum Gasteiger partial charge on any atom is -0.408 e. The SMILES string of the molecule is Cc1nc2c(C#N)c(S(C)(=O)=O)sc2c(=O)o1. The number of aryl methyl sites for hydroxylation is 1. The second-order valence-electron chi connectivity index (χ2n) is 3.35. The molecule has 2 aromatic heterocycles. The van der Waals surface area contributed by atoms with Crippen molar-refractivity contribution < 1.29 is 12.8 Å². The van der Waals surface area contributed by atoms with Crippen molar-refractivity contribution in [1.29, 1.82) is 5.26 Å². The number of nitriles is 1. The highest BCUT2D eigenvalue weighted by molar-refractivity contribution is 7.93. The monoisotopic (exact) mass is 270 g/mol. The van der Waals surface area contributed by atoms with E-state index in [0.717, 1.165) is 6.26 Å². The third kappa shape index (κ3) is 1.83. The molecule has 88 valence electrons. The van der Waals surface area contributed by atoms with Crippen molar-refractivity contribution >= 4 is 31.4 Å². The van der Waals surface area contributed by atoms with Crippen LogP contribution in [0.25, 0.3) is 10.2 Å². The molecule has 0 atom stereocenters. The van der Waals surface area contributed by atoms with E-state index < -0.39 is 15.5 Å². The average molecular weight is 270 g/mol. The highest BCUT2D eigenvalue weighted by Gasteiger charge is 2.23. The molecule has 0 aromatic carbocycles. The number of rotatable bonds is 1. The Kier molecular flexibility index (Phi) is 2.52. The maximum atomic E-state index is 11.5. The summed E-state index contributed by atoms with van der Waals surface area (Å²) in [5, 5.41) is 8.97. The molecule has 0 spiro atoms. The molecule has 0 fully saturated rings. The molecule has 2 rings (SSSR count). The van der Waals surface area contributed by atoms with Gasteiger partial charge in [0.25, 0.3) is 0 Å². The van der Waals surface area contributed by atoms with E-state index in [0.29, 0.717) is 11.3 Å². The zero-order valence-corrected chi connectivity index (χ0v) is 10.5. The molecule has 0 aliphatic rings. The van der Waals surface area contributed by atoms with Gasteiger partial charge in [-0.2, -0.15) is 5.26 Å². The van der Waals surface area contributed by atoms with Crippen LogP contribution in [0.15, 0.2) is 13.4 Å². The van der Waals surface area contributed by atoms with Gasteiger partial charge in [0.2, 0.25) is 0 Å². The van der Waals surface area contributed by atoms with Crippen LogP contribution in [-0.4, -0.2) is 19.7 Å². The molecule has 17 heavy (non-hydrogen) atoms. The summed E-state index contributed by atoms with van der Waals surface area (Å²) in [6.45, 7) is 1.46. The van der Waals surface area contributed by atoms with E-state index in [2.05, 4.69) is 4.98 Å². The summed E-state index contributed by atoms with van der Waals surface area (Å²) in [7, 11) is -3.56. The molecule has 0 aliphatic carbocycles. The van der Waals surface area contributed by atoms with Gasteiger partial charge >= 0.3 is 5.63 Å². The quantitative estimate of drug-likeness (QED) is 0.760. The van der Waals surface area contributed by atoms with Crippen molar-refractivity contribution in [3.05, 3.63) is 21.9 Å². The Morgan fingerprint density at radius 1 is 1.47 bits per heavy atom. The third-order valence-corrected chi connectivity index (χ3v) is 4.98. The van der Waals surface area contributed by atoms with Crippen molar-refractivity contribution in [1.82, 2.24) is 4.98 Å². The molecule has 2 aromatic rings. The van der Waals surface area contributed by atoms with Gasteiger partial charge in [0.05, 0.1) is 0 Å². The van der Waals surface area contributed by atoms with Crippen LogP contribution in [-0.2, 0) is 9.84 Å². The van der Waals surface area contributed by atoms with E-state index >= 15 is 0 Å². The van der Waals surface area contributed by atoms with Gasteiger partial charge in [-0.3, -0.25) is 0 Å². The van der Waals surface area contributed by atoms with Crippen molar-refractivity contribution in [3.63, 3.8) is 0 Å². The number of aromatic nitrogens is 1. The molecule has 0 unspecified atom stereocenters. The minimum absolute atomic E-state index is 0.0487. The molecular weight excluding hydrogens is 264 g/mol. The molecule has 0 aliphatic heterocycles. The second-order valence-corrected chi connectivity index (χ2v) is 6.58. The molecule has 0 N–H and O–H groups in total. The lowest BCUT2D eigenvalue weighted by Crippen LogP contribution is -2.00. The Bertz CT molecular complexity index is 808. The van der Waals surface area contributed by atoms with Crippen molar-refractivity contribution in [2.45, 2.75) is 11.1 Å². The predicted molar refractivity (Wildman–Crippen MR) is 60.7 cm³/mol. The van der Waals surface area contributed by atoms with E-state index in [1.807, 2.05) is 0 Å². The van der Waals surface area contributed by atoms with Gasteiger partial charge in [-0.15, -0.1) is 11.3 Å². The smallest absolute Gasteiger partial charge is 0.357 e. The first-order valence-corrected chi connectivity index (χ1v) is 7.10. The first-order valence-electron chi connectivity index (χ1n) is 4.39. The summed E-state index contributed by atoms with van der Waals surface area (Å²) in [6, 6.07) is 1.77. The van der Waals surface area contributed by atoms with E-state index in [1.54, 1.807) is 6.07 Å². The van der Waals surface area contributed by atoms with E-state index in [-0.39, 0.29) is 25.9 Å². The molecule has 0 radical (unpaired) electrons. The molecule has 0 saturated carbocycles. The van der Waals surface area contributed by atoms with E-state index in [9.17, 15) is 13.2 Å². The van der Waals surface area contributed by atoms with Crippen LogP contribution >= 0.6 is 11.3 Å². The standard InChI is InChI=1S/C9H6N2O4S2/c1-4-11-6-5(3-10)9(17(2,13)14)16-7(6)8(12)15-4/h1-2H3. The van der Waals surface area contributed by atoms with Gasteiger partial charge < -0.3 is 4.42 Å². The summed E-state index contributed by atoms with van der Waals surface area (Å²) in [6.07, 6.45) is 0.979. The van der Waals surface area contributed by atoms with Gasteiger partial charge in [0.1, 0.15) is 26.1 Å². The topological polar surface area (TPSA) is 101 Å². The zero-order chi connectivity index (χ0) is 12.8. The average Bonchev–Trinajstić information content (AvgIpc) is 2.55. The lowest BCUT2D eigenvalue weighted by molar-refractivity contribution is 0.468. The predicted octanol–water partition coefficient (Wildman–Crippen LogP) is 0.833. The highest BCUT2D eigenvalue weighted by Crippen LogP contribution is 2.31. The number of hydrogen-bond donors (Lipinski definition) is 0. The van der Waals surface area contributed by atoms with Crippen LogP contribution in [0, 0.1) is 18.3 Å². The maximum absolute atomic E-state index is 11.5. The van der Waals surface area contributed by atoms with Crippen molar-refractivity contribution in [2.75, 3.05) is 6.26 Å². The fraction of sp³-hybridized carbons (Fsp3) is 0.222. The van der Waals surface area contributed by atoms with Gasteiger partial charge in [0, 0.05) is 13.2 Å². The number of fused-ring (bicyclic) bond motifs is 1. The minimum atomic E-state index is -3.56. The Balaban J connectivity index is 3.07. The molecule has 0 amide bonds. The van der Waals surface area contributed by atoms with Crippen LogP contribution in [0.4, 0.5) is 0 Å². The third-order valence-electron chi connectivity index (χ3n) is 1.99. The maximum Gasteiger partial charge on any atom is 0.357 e. The summed E-state index contributed by atoms with van der Waals surface area (Å²) < 4.78 is 27.6.